The van der Waals surface area contributed by atoms with Crippen LogP contribution in [0.5, 0.6) is 0 Å². The molecule has 3 aromatic carbocycles. The molecule has 0 aliphatic heterocycles. The standard InChI is InChI=1S/C36H41N7O6S/c1-4-6-7-8-21-49-36(45)41-35(37)26-14-16-27(17-15-26)39-23-32-40-29-22-28(18-19-30(29)42(32)3)43(24-33(44)48-5-2)50(46,47)31-13-9-11-25-12-10-20-38-34(25)31/h9-20,22,39H,4-8,21,23-24H2,1-3H3,(H2,37,41,45). The summed E-state index contributed by atoms with van der Waals surface area (Å²) >= 11 is 0. The summed E-state index contributed by atoms with van der Waals surface area (Å²) in [5, 5.41) is 14.6. The number of carbonyl (C=O) groups is 2. The van der Waals surface area contributed by atoms with Gasteiger partial charge in [0.1, 0.15) is 23.1 Å². The Morgan fingerprint density at radius 2 is 1.74 bits per heavy atom. The van der Waals surface area contributed by atoms with Crippen LogP contribution in [0.15, 0.2) is 83.9 Å². The molecular weight excluding hydrogens is 659 g/mol. The van der Waals surface area contributed by atoms with Crippen molar-refractivity contribution in [2.45, 2.75) is 51.0 Å². The minimum atomic E-state index is -4.26. The summed E-state index contributed by atoms with van der Waals surface area (Å²) in [5.74, 6) is -0.0719. The van der Waals surface area contributed by atoms with Gasteiger partial charge in [-0.25, -0.2) is 18.2 Å². The van der Waals surface area contributed by atoms with Crippen LogP contribution < -0.4 is 14.9 Å². The van der Waals surface area contributed by atoms with Crippen molar-refractivity contribution < 1.29 is 27.5 Å². The van der Waals surface area contributed by atoms with Crippen molar-refractivity contribution in [1.29, 1.82) is 5.41 Å². The molecule has 13 nitrogen and oxygen atoms in total. The third kappa shape index (κ3) is 8.37. The molecule has 14 heteroatoms. The third-order valence-corrected chi connectivity index (χ3v) is 9.87. The van der Waals surface area contributed by atoms with Crippen LogP contribution in [-0.2, 0) is 37.9 Å². The van der Waals surface area contributed by atoms with Crippen molar-refractivity contribution in [2.75, 3.05) is 29.4 Å². The Hall–Kier alpha value is -5.50. The number of carbonyl (C=O) groups excluding carboxylic acids is 2. The number of para-hydroxylation sites is 1. The number of anilines is 2. The number of hydrogen-bond acceptors (Lipinski definition) is 10. The number of imidazole rings is 1. The van der Waals surface area contributed by atoms with Gasteiger partial charge in [-0.1, -0.05) is 44.4 Å². The van der Waals surface area contributed by atoms with E-state index in [9.17, 15) is 18.0 Å². The van der Waals surface area contributed by atoms with E-state index in [0.29, 0.717) is 41.0 Å². The SMILES string of the molecule is CCCCCCOC(=O)NC(=N)c1ccc(NCc2nc3cc(N(CC(=O)OCC)S(=O)(=O)c4cccc5cccnc45)ccc3n2C)cc1. The molecule has 0 fully saturated rings. The normalized spacial score (nSPS) is 11.3. The van der Waals surface area contributed by atoms with Gasteiger partial charge in [0, 0.05) is 29.9 Å². The number of rotatable bonds is 15. The molecule has 2 heterocycles. The molecular formula is C36H41N7O6S. The molecule has 0 aliphatic rings. The first kappa shape index (κ1) is 35.8. The van der Waals surface area contributed by atoms with Gasteiger partial charge in [0.15, 0.2) is 0 Å². The van der Waals surface area contributed by atoms with E-state index in [4.69, 9.17) is 19.9 Å². The first-order valence-electron chi connectivity index (χ1n) is 16.5. The van der Waals surface area contributed by atoms with E-state index in [0.717, 1.165) is 41.2 Å². The minimum Gasteiger partial charge on any atom is -0.465 e. The van der Waals surface area contributed by atoms with Gasteiger partial charge in [-0.2, -0.15) is 0 Å². The van der Waals surface area contributed by atoms with Crippen LogP contribution in [0.1, 0.15) is 50.9 Å². The number of amidine groups is 1. The first-order chi connectivity index (χ1) is 24.1. The lowest BCUT2D eigenvalue weighted by molar-refractivity contribution is -0.141. The lowest BCUT2D eigenvalue weighted by Gasteiger charge is -2.24. The van der Waals surface area contributed by atoms with Crippen molar-refractivity contribution >= 4 is 61.2 Å². The number of nitrogens with one attached hydrogen (secondary N) is 3. The van der Waals surface area contributed by atoms with E-state index in [-0.39, 0.29) is 23.0 Å². The van der Waals surface area contributed by atoms with Gasteiger partial charge in [0.25, 0.3) is 10.0 Å². The Kier molecular flexibility index (Phi) is 11.6. The smallest absolute Gasteiger partial charge is 0.412 e. The van der Waals surface area contributed by atoms with Crippen LogP contribution in [0.25, 0.3) is 21.9 Å². The van der Waals surface area contributed by atoms with E-state index >= 15 is 0 Å². The zero-order chi connectivity index (χ0) is 35.7. The Bertz CT molecular complexity index is 2090. The highest BCUT2D eigenvalue weighted by molar-refractivity contribution is 7.93. The van der Waals surface area contributed by atoms with Crippen LogP contribution in [-0.4, -0.2) is 60.6 Å². The van der Waals surface area contributed by atoms with Crippen LogP contribution in [0.3, 0.4) is 0 Å². The van der Waals surface area contributed by atoms with E-state index in [1.807, 2.05) is 11.6 Å². The van der Waals surface area contributed by atoms with Crippen LogP contribution in [0.4, 0.5) is 16.2 Å². The van der Waals surface area contributed by atoms with Crippen molar-refractivity contribution in [3.8, 4) is 0 Å². The zero-order valence-electron chi connectivity index (χ0n) is 28.3. The van der Waals surface area contributed by atoms with Crippen molar-refractivity contribution in [1.82, 2.24) is 19.9 Å². The molecule has 2 aromatic heterocycles. The van der Waals surface area contributed by atoms with Gasteiger partial charge >= 0.3 is 12.1 Å². The lowest BCUT2D eigenvalue weighted by Crippen LogP contribution is -2.36. The molecule has 0 saturated carbocycles. The molecule has 50 heavy (non-hydrogen) atoms. The number of nitrogens with zero attached hydrogens (tertiary/aromatic N) is 4. The molecule has 5 rings (SSSR count). The zero-order valence-corrected chi connectivity index (χ0v) is 29.1. The fourth-order valence-electron chi connectivity index (χ4n) is 5.43. The van der Waals surface area contributed by atoms with Gasteiger partial charge < -0.3 is 19.4 Å². The fourth-order valence-corrected chi connectivity index (χ4v) is 7.00. The highest BCUT2D eigenvalue weighted by atomic mass is 32.2. The summed E-state index contributed by atoms with van der Waals surface area (Å²) in [5.41, 5.74) is 3.14. The van der Waals surface area contributed by atoms with Gasteiger partial charge in [-0.3, -0.25) is 24.8 Å². The van der Waals surface area contributed by atoms with Crippen LogP contribution in [0, 0.1) is 5.41 Å². The fraction of sp³-hybridized carbons (Fsp3) is 0.306. The molecule has 1 amide bonds. The number of ether oxygens (including phenoxy) is 2. The highest BCUT2D eigenvalue weighted by Crippen LogP contribution is 2.30. The maximum Gasteiger partial charge on any atom is 0.412 e. The molecule has 0 aliphatic carbocycles. The summed E-state index contributed by atoms with van der Waals surface area (Å²) in [7, 11) is -2.40. The average molecular weight is 700 g/mol. The maximum absolute atomic E-state index is 14.1. The topological polar surface area (TPSA) is 169 Å². The van der Waals surface area contributed by atoms with Crippen molar-refractivity contribution in [3.05, 3.63) is 90.4 Å². The number of amides is 1. The average Bonchev–Trinajstić information content (AvgIpc) is 3.43. The number of aromatic nitrogens is 3. The number of pyridine rings is 1. The van der Waals surface area contributed by atoms with Gasteiger partial charge in [0.05, 0.1) is 42.0 Å². The van der Waals surface area contributed by atoms with E-state index in [1.165, 1.54) is 12.3 Å². The van der Waals surface area contributed by atoms with E-state index in [1.54, 1.807) is 73.7 Å². The molecule has 0 atom stereocenters. The minimum absolute atomic E-state index is 0.0272. The molecule has 0 spiro atoms. The maximum atomic E-state index is 14.1. The summed E-state index contributed by atoms with van der Waals surface area (Å²) in [4.78, 5) is 33.8. The number of fused-ring (bicyclic) bond motifs is 2. The largest absolute Gasteiger partial charge is 0.465 e. The molecule has 5 aromatic rings. The van der Waals surface area contributed by atoms with Crippen LogP contribution >= 0.6 is 0 Å². The number of hydrogen-bond donors (Lipinski definition) is 3. The second-order valence-corrected chi connectivity index (χ2v) is 13.4. The molecule has 3 N–H and O–H groups in total. The number of benzene rings is 3. The predicted molar refractivity (Wildman–Crippen MR) is 193 cm³/mol. The molecule has 262 valence electrons. The quantitative estimate of drug-likeness (QED) is 0.0504. The Labute approximate surface area is 291 Å². The molecule has 0 bridgehead atoms. The summed E-state index contributed by atoms with van der Waals surface area (Å²) < 4.78 is 41.5. The Balaban J connectivity index is 1.31. The van der Waals surface area contributed by atoms with E-state index in [2.05, 4.69) is 22.5 Å². The lowest BCUT2D eigenvalue weighted by atomic mass is 10.2. The Morgan fingerprint density at radius 3 is 2.50 bits per heavy atom. The first-order valence-corrected chi connectivity index (χ1v) is 17.9. The molecule has 0 unspecified atom stereocenters. The van der Waals surface area contributed by atoms with Gasteiger partial charge in [-0.05, 0) is 67.9 Å². The second-order valence-electron chi connectivity index (χ2n) is 11.5. The van der Waals surface area contributed by atoms with Gasteiger partial charge in [-0.15, -0.1) is 0 Å². The highest BCUT2D eigenvalue weighted by Gasteiger charge is 2.30. The number of esters is 1. The van der Waals surface area contributed by atoms with Crippen molar-refractivity contribution in [3.63, 3.8) is 0 Å². The van der Waals surface area contributed by atoms with Crippen molar-refractivity contribution in [2.24, 2.45) is 7.05 Å². The summed E-state index contributed by atoms with van der Waals surface area (Å²) in [6.45, 7) is 4.00. The van der Waals surface area contributed by atoms with E-state index < -0.39 is 28.6 Å². The molecule has 0 radical (unpaired) electrons. The summed E-state index contributed by atoms with van der Waals surface area (Å²) in [6.07, 6.45) is 4.86. The Morgan fingerprint density at radius 1 is 0.960 bits per heavy atom. The number of unbranched alkanes of at least 4 members (excludes halogenated alkanes) is 3. The predicted octanol–water partition coefficient (Wildman–Crippen LogP) is 6.12. The van der Waals surface area contributed by atoms with Crippen LogP contribution in [0.2, 0.25) is 0 Å². The molecule has 0 saturated heterocycles. The third-order valence-electron chi connectivity index (χ3n) is 8.07. The van der Waals surface area contributed by atoms with Gasteiger partial charge in [0.2, 0.25) is 0 Å². The number of alkyl carbamates (subject to hydrolysis) is 1. The monoisotopic (exact) mass is 699 g/mol. The summed E-state index contributed by atoms with van der Waals surface area (Å²) in [6, 6.07) is 20.5. The second kappa shape index (κ2) is 16.3. The number of sulfonamides is 1. The number of aryl methyl sites for hydroxylation is 1.